The van der Waals surface area contributed by atoms with Crippen molar-refractivity contribution in [3.63, 3.8) is 0 Å². The molecular formula is C9H17NO. The van der Waals surface area contributed by atoms with Crippen LogP contribution in [0.5, 0.6) is 0 Å². The van der Waals surface area contributed by atoms with Gasteiger partial charge in [0.25, 0.3) is 0 Å². The Labute approximate surface area is 68.6 Å². The molecule has 1 rings (SSSR count). The van der Waals surface area contributed by atoms with E-state index in [0.717, 1.165) is 19.5 Å². The Kier molecular flexibility index (Phi) is 3.06. The zero-order valence-electron chi connectivity index (χ0n) is 7.47. The van der Waals surface area contributed by atoms with Crippen LogP contribution in [0.1, 0.15) is 33.1 Å². The number of likely N-dealkylation sites (tertiary alicyclic amines) is 1. The minimum absolute atomic E-state index is 0.255. The topological polar surface area (TPSA) is 20.3 Å². The molecule has 0 bridgehead atoms. The molecule has 0 saturated carbocycles. The van der Waals surface area contributed by atoms with Crippen LogP contribution >= 0.6 is 0 Å². The number of nitrogens with zero attached hydrogens (tertiary/aromatic N) is 1. The van der Waals surface area contributed by atoms with Crippen molar-refractivity contribution < 1.29 is 4.79 Å². The van der Waals surface area contributed by atoms with E-state index in [1.54, 1.807) is 0 Å². The first-order valence-electron chi connectivity index (χ1n) is 4.56. The molecule has 1 heterocycles. The van der Waals surface area contributed by atoms with E-state index in [1.165, 1.54) is 6.42 Å². The first kappa shape index (κ1) is 8.72. The van der Waals surface area contributed by atoms with E-state index in [0.29, 0.717) is 12.2 Å². The molecule has 0 aromatic rings. The van der Waals surface area contributed by atoms with Crippen LogP contribution in [-0.4, -0.2) is 29.8 Å². The van der Waals surface area contributed by atoms with Crippen molar-refractivity contribution in [1.29, 1.82) is 0 Å². The Bertz CT molecular complexity index is 144. The van der Waals surface area contributed by atoms with Gasteiger partial charge in [-0.2, -0.15) is 0 Å². The van der Waals surface area contributed by atoms with E-state index >= 15 is 0 Å². The average molecular weight is 155 g/mol. The van der Waals surface area contributed by atoms with Crippen molar-refractivity contribution in [2.45, 2.75) is 39.2 Å². The lowest BCUT2D eigenvalue weighted by atomic mass is 10.1. The number of rotatable bonds is 3. The smallest absolute Gasteiger partial charge is 0.149 e. The van der Waals surface area contributed by atoms with Crippen LogP contribution in [-0.2, 0) is 4.79 Å². The molecule has 1 atom stereocenters. The summed E-state index contributed by atoms with van der Waals surface area (Å²) >= 11 is 0. The number of hydrogen-bond donors (Lipinski definition) is 0. The monoisotopic (exact) mass is 155 g/mol. The fourth-order valence-electron chi connectivity index (χ4n) is 1.80. The van der Waals surface area contributed by atoms with Gasteiger partial charge < -0.3 is 0 Å². The number of Topliss-reactive ketones (excluding diaryl/α,β-unsaturated/α-hetero) is 1. The van der Waals surface area contributed by atoms with Crippen molar-refractivity contribution in [2.75, 3.05) is 13.1 Å². The predicted octanol–water partition coefficient (Wildman–Crippen LogP) is 1.45. The Balaban J connectivity index is 2.49. The molecule has 1 aliphatic rings. The zero-order valence-corrected chi connectivity index (χ0v) is 7.47. The second-order valence-corrected chi connectivity index (χ2v) is 3.11. The predicted molar refractivity (Wildman–Crippen MR) is 45.6 cm³/mol. The molecule has 64 valence electrons. The maximum atomic E-state index is 11.3. The number of carbonyl (C=O) groups excluding carboxylic acids is 1. The van der Waals surface area contributed by atoms with E-state index in [2.05, 4.69) is 11.8 Å². The van der Waals surface area contributed by atoms with Gasteiger partial charge in [-0.05, 0) is 25.9 Å². The third kappa shape index (κ3) is 1.80. The minimum Gasteiger partial charge on any atom is -0.298 e. The van der Waals surface area contributed by atoms with Gasteiger partial charge in [0.15, 0.2) is 0 Å². The van der Waals surface area contributed by atoms with Gasteiger partial charge in [-0.1, -0.05) is 13.8 Å². The molecule has 1 aliphatic heterocycles. The van der Waals surface area contributed by atoms with Crippen molar-refractivity contribution in [3.8, 4) is 0 Å². The van der Waals surface area contributed by atoms with Gasteiger partial charge in [-0.25, -0.2) is 0 Å². The number of carbonyl (C=O) groups is 1. The average Bonchev–Trinajstić information content (AvgIpc) is 2.50. The van der Waals surface area contributed by atoms with Gasteiger partial charge in [0.2, 0.25) is 0 Å². The highest BCUT2D eigenvalue weighted by molar-refractivity contribution is 5.83. The van der Waals surface area contributed by atoms with E-state index in [9.17, 15) is 4.79 Å². The first-order valence-corrected chi connectivity index (χ1v) is 4.56. The summed E-state index contributed by atoms with van der Waals surface area (Å²) < 4.78 is 0. The summed E-state index contributed by atoms with van der Waals surface area (Å²) in [6.07, 6.45) is 2.98. The van der Waals surface area contributed by atoms with E-state index in [-0.39, 0.29) is 6.04 Å². The van der Waals surface area contributed by atoms with E-state index in [1.807, 2.05) is 6.92 Å². The molecule has 0 N–H and O–H groups in total. The summed E-state index contributed by atoms with van der Waals surface area (Å²) in [5.74, 6) is 0.421. The fraction of sp³-hybridized carbons (Fsp3) is 0.889. The molecule has 2 heteroatoms. The largest absolute Gasteiger partial charge is 0.298 e. The molecule has 0 aromatic heterocycles. The Hall–Kier alpha value is -0.370. The molecule has 1 fully saturated rings. The highest BCUT2D eigenvalue weighted by atomic mass is 16.1. The number of hydrogen-bond acceptors (Lipinski definition) is 2. The normalized spacial score (nSPS) is 25.8. The van der Waals surface area contributed by atoms with Crippen LogP contribution in [0.2, 0.25) is 0 Å². The second kappa shape index (κ2) is 3.86. The van der Waals surface area contributed by atoms with Crippen molar-refractivity contribution in [2.24, 2.45) is 0 Å². The quantitative estimate of drug-likeness (QED) is 0.615. The number of ketones is 1. The zero-order chi connectivity index (χ0) is 8.27. The highest BCUT2D eigenvalue weighted by Gasteiger charge is 2.27. The molecule has 0 amide bonds. The summed E-state index contributed by atoms with van der Waals surface area (Å²) in [6.45, 7) is 6.22. The van der Waals surface area contributed by atoms with Crippen LogP contribution in [0.25, 0.3) is 0 Å². The summed E-state index contributed by atoms with van der Waals surface area (Å²) in [7, 11) is 0. The lowest BCUT2D eigenvalue weighted by molar-refractivity contribution is -0.122. The standard InChI is InChI=1S/C9H17NO/c1-3-9(11)8-6-5-7-10(8)4-2/h8H,3-7H2,1-2H3. The van der Waals surface area contributed by atoms with Crippen LogP contribution in [0.4, 0.5) is 0 Å². The van der Waals surface area contributed by atoms with Crippen molar-refractivity contribution in [3.05, 3.63) is 0 Å². The Morgan fingerprint density at radius 3 is 2.82 bits per heavy atom. The van der Waals surface area contributed by atoms with Gasteiger partial charge in [0.05, 0.1) is 6.04 Å². The highest BCUT2D eigenvalue weighted by Crippen LogP contribution is 2.17. The second-order valence-electron chi connectivity index (χ2n) is 3.11. The van der Waals surface area contributed by atoms with Crippen molar-refractivity contribution in [1.82, 2.24) is 4.90 Å². The first-order chi connectivity index (χ1) is 5.29. The molecule has 2 nitrogen and oxygen atoms in total. The molecule has 1 unspecified atom stereocenters. The van der Waals surface area contributed by atoms with E-state index < -0.39 is 0 Å². The molecule has 1 saturated heterocycles. The summed E-state index contributed by atoms with van der Waals surface area (Å²) in [5, 5.41) is 0. The van der Waals surface area contributed by atoms with Crippen LogP contribution < -0.4 is 0 Å². The molecule has 0 spiro atoms. The molecule has 0 aromatic carbocycles. The fourth-order valence-corrected chi connectivity index (χ4v) is 1.80. The minimum atomic E-state index is 0.255. The van der Waals surface area contributed by atoms with Crippen LogP contribution in [0.15, 0.2) is 0 Å². The Morgan fingerprint density at radius 2 is 2.27 bits per heavy atom. The lowest BCUT2D eigenvalue weighted by Gasteiger charge is -2.20. The molecule has 0 radical (unpaired) electrons. The third-order valence-corrected chi connectivity index (χ3v) is 2.49. The summed E-state index contributed by atoms with van der Waals surface area (Å²) in [6, 6.07) is 0.255. The van der Waals surface area contributed by atoms with Crippen LogP contribution in [0, 0.1) is 0 Å². The van der Waals surface area contributed by atoms with Gasteiger partial charge >= 0.3 is 0 Å². The SMILES string of the molecule is CCC(=O)C1CCCN1CC. The van der Waals surface area contributed by atoms with Gasteiger partial charge in [-0.3, -0.25) is 9.69 Å². The number of likely N-dealkylation sites (N-methyl/N-ethyl adjacent to an activating group) is 1. The lowest BCUT2D eigenvalue weighted by Crippen LogP contribution is -2.35. The van der Waals surface area contributed by atoms with Gasteiger partial charge in [-0.15, -0.1) is 0 Å². The Morgan fingerprint density at radius 1 is 1.55 bits per heavy atom. The van der Waals surface area contributed by atoms with Crippen molar-refractivity contribution >= 4 is 5.78 Å². The van der Waals surface area contributed by atoms with Gasteiger partial charge in [0, 0.05) is 6.42 Å². The van der Waals surface area contributed by atoms with E-state index in [4.69, 9.17) is 0 Å². The summed E-state index contributed by atoms with van der Waals surface area (Å²) in [5.41, 5.74) is 0. The molecule has 0 aliphatic carbocycles. The molecule has 11 heavy (non-hydrogen) atoms. The molecular weight excluding hydrogens is 138 g/mol. The summed E-state index contributed by atoms with van der Waals surface area (Å²) in [4.78, 5) is 13.6. The maximum Gasteiger partial charge on any atom is 0.149 e. The maximum absolute atomic E-state index is 11.3. The third-order valence-electron chi connectivity index (χ3n) is 2.49. The van der Waals surface area contributed by atoms with Crippen LogP contribution in [0.3, 0.4) is 0 Å². The van der Waals surface area contributed by atoms with Gasteiger partial charge in [0.1, 0.15) is 5.78 Å².